The zero-order valence-corrected chi connectivity index (χ0v) is 14.0. The number of benzene rings is 1. The van der Waals surface area contributed by atoms with E-state index in [0.29, 0.717) is 24.1 Å². The second-order valence-electron chi connectivity index (χ2n) is 6.26. The maximum Gasteiger partial charge on any atom is 0.251 e. The van der Waals surface area contributed by atoms with E-state index in [0.717, 1.165) is 18.8 Å². The molecule has 122 valence electrons. The highest BCUT2D eigenvalue weighted by molar-refractivity contribution is 5.94. The van der Waals surface area contributed by atoms with Gasteiger partial charge in [-0.15, -0.1) is 0 Å². The summed E-state index contributed by atoms with van der Waals surface area (Å²) in [6.07, 6.45) is 2.43. The molecule has 0 aromatic heterocycles. The molecule has 1 aromatic rings. The monoisotopic (exact) mass is 304 g/mol. The first-order valence-corrected chi connectivity index (χ1v) is 8.35. The van der Waals surface area contributed by atoms with Crippen molar-refractivity contribution in [2.75, 3.05) is 26.2 Å². The van der Waals surface area contributed by atoms with Gasteiger partial charge in [0.15, 0.2) is 0 Å². The second-order valence-corrected chi connectivity index (χ2v) is 6.26. The average Bonchev–Trinajstić information content (AvgIpc) is 2.54. The number of nitrogens with zero attached hydrogens (tertiary/aromatic N) is 1. The Kier molecular flexibility index (Phi) is 6.25. The molecule has 1 N–H and O–H groups in total. The molecule has 22 heavy (non-hydrogen) atoms. The van der Waals surface area contributed by atoms with E-state index in [4.69, 9.17) is 4.74 Å². The van der Waals surface area contributed by atoms with Crippen molar-refractivity contribution >= 4 is 5.91 Å². The highest BCUT2D eigenvalue weighted by Crippen LogP contribution is 2.18. The smallest absolute Gasteiger partial charge is 0.251 e. The van der Waals surface area contributed by atoms with Crippen molar-refractivity contribution in [2.45, 2.75) is 39.7 Å². The molecule has 1 heterocycles. The number of nitrogens with one attached hydrogen (secondary N) is 1. The topological polar surface area (TPSA) is 41.6 Å². The van der Waals surface area contributed by atoms with Crippen molar-refractivity contribution in [3.8, 4) is 5.75 Å². The van der Waals surface area contributed by atoms with E-state index >= 15 is 0 Å². The Bertz CT molecular complexity index is 470. The third-order valence-electron chi connectivity index (χ3n) is 4.26. The predicted molar refractivity (Wildman–Crippen MR) is 89.4 cm³/mol. The number of carbonyl (C=O) groups is 1. The lowest BCUT2D eigenvalue weighted by molar-refractivity contribution is 0.0922. The lowest BCUT2D eigenvalue weighted by Crippen LogP contribution is -2.43. The van der Waals surface area contributed by atoms with Crippen LogP contribution >= 0.6 is 0 Å². The van der Waals surface area contributed by atoms with Crippen LogP contribution in [0.5, 0.6) is 5.75 Å². The van der Waals surface area contributed by atoms with Gasteiger partial charge in [0.25, 0.3) is 5.91 Å². The largest absolute Gasteiger partial charge is 0.494 e. The van der Waals surface area contributed by atoms with Crippen LogP contribution in [0.2, 0.25) is 0 Å². The van der Waals surface area contributed by atoms with Gasteiger partial charge in [0.2, 0.25) is 0 Å². The normalized spacial score (nSPS) is 19.2. The van der Waals surface area contributed by atoms with Gasteiger partial charge in [0.05, 0.1) is 6.61 Å². The number of rotatable bonds is 6. The number of piperidine rings is 1. The van der Waals surface area contributed by atoms with Gasteiger partial charge in [-0.05, 0) is 70.3 Å². The molecule has 1 saturated heterocycles. The van der Waals surface area contributed by atoms with Crippen LogP contribution in [-0.4, -0.2) is 43.1 Å². The standard InChI is InChI=1S/C18H28N2O2/c1-4-22-17-9-7-16(8-10-17)18(21)19-12-15-6-5-11-20(13-15)14(2)3/h7-10,14-15H,4-6,11-13H2,1-3H3,(H,19,21)/t15-/m0/s1. The third kappa shape index (κ3) is 4.73. The number of ether oxygens (including phenoxy) is 1. The highest BCUT2D eigenvalue weighted by Gasteiger charge is 2.22. The van der Waals surface area contributed by atoms with Crippen molar-refractivity contribution in [2.24, 2.45) is 5.92 Å². The van der Waals surface area contributed by atoms with Crippen LogP contribution < -0.4 is 10.1 Å². The molecular formula is C18H28N2O2. The molecule has 4 heteroatoms. The minimum Gasteiger partial charge on any atom is -0.494 e. The minimum atomic E-state index is 0.00437. The first-order chi connectivity index (χ1) is 10.6. The van der Waals surface area contributed by atoms with Gasteiger partial charge >= 0.3 is 0 Å². The number of carbonyl (C=O) groups excluding carboxylic acids is 1. The van der Waals surface area contributed by atoms with Crippen molar-refractivity contribution in [3.05, 3.63) is 29.8 Å². The van der Waals surface area contributed by atoms with Gasteiger partial charge in [-0.2, -0.15) is 0 Å². The second kappa shape index (κ2) is 8.18. The summed E-state index contributed by atoms with van der Waals surface area (Å²) in [5, 5.41) is 3.07. The Balaban J connectivity index is 1.81. The SMILES string of the molecule is CCOc1ccc(C(=O)NC[C@@H]2CCCN(C(C)C)C2)cc1. The van der Waals surface area contributed by atoms with Crippen molar-refractivity contribution < 1.29 is 9.53 Å². The fraction of sp³-hybridized carbons (Fsp3) is 0.611. The fourth-order valence-corrected chi connectivity index (χ4v) is 2.94. The lowest BCUT2D eigenvalue weighted by atomic mass is 9.97. The van der Waals surface area contributed by atoms with Gasteiger partial charge in [0.1, 0.15) is 5.75 Å². The molecule has 0 aliphatic carbocycles. The van der Waals surface area contributed by atoms with Gasteiger partial charge in [-0.1, -0.05) is 0 Å². The van der Waals surface area contributed by atoms with Crippen LogP contribution in [-0.2, 0) is 0 Å². The number of hydrogen-bond acceptors (Lipinski definition) is 3. The summed E-state index contributed by atoms with van der Waals surface area (Å²) in [6.45, 7) is 10.1. The maximum atomic E-state index is 12.2. The molecule has 0 radical (unpaired) electrons. The maximum absolute atomic E-state index is 12.2. The average molecular weight is 304 g/mol. The van der Waals surface area contributed by atoms with Gasteiger partial charge < -0.3 is 15.0 Å². The van der Waals surface area contributed by atoms with Crippen LogP contribution in [0.3, 0.4) is 0 Å². The van der Waals surface area contributed by atoms with Crippen LogP contribution in [0.15, 0.2) is 24.3 Å². The fourth-order valence-electron chi connectivity index (χ4n) is 2.94. The number of amides is 1. The molecule has 0 spiro atoms. The Hall–Kier alpha value is -1.55. The zero-order chi connectivity index (χ0) is 15.9. The van der Waals surface area contributed by atoms with Crippen molar-refractivity contribution in [1.29, 1.82) is 0 Å². The van der Waals surface area contributed by atoms with Crippen molar-refractivity contribution in [1.82, 2.24) is 10.2 Å². The van der Waals surface area contributed by atoms with Gasteiger partial charge in [0, 0.05) is 24.7 Å². The third-order valence-corrected chi connectivity index (χ3v) is 4.26. The minimum absolute atomic E-state index is 0.00437. The Morgan fingerprint density at radius 3 is 2.73 bits per heavy atom. The molecule has 1 aliphatic rings. The predicted octanol–water partition coefficient (Wildman–Crippen LogP) is 2.94. The van der Waals surface area contributed by atoms with Gasteiger partial charge in [-0.3, -0.25) is 4.79 Å². The quantitative estimate of drug-likeness (QED) is 0.878. The molecule has 0 unspecified atom stereocenters. The molecular weight excluding hydrogens is 276 g/mol. The Morgan fingerprint density at radius 2 is 2.09 bits per heavy atom. The molecule has 1 amide bonds. The van der Waals surface area contributed by atoms with Crippen molar-refractivity contribution in [3.63, 3.8) is 0 Å². The Morgan fingerprint density at radius 1 is 1.36 bits per heavy atom. The summed E-state index contributed by atoms with van der Waals surface area (Å²) in [4.78, 5) is 14.7. The van der Waals surface area contributed by atoms with Crippen LogP contribution in [0.25, 0.3) is 0 Å². The summed E-state index contributed by atoms with van der Waals surface area (Å²) in [7, 11) is 0. The van der Waals surface area contributed by atoms with E-state index in [1.54, 1.807) is 0 Å². The zero-order valence-electron chi connectivity index (χ0n) is 14.0. The molecule has 1 aliphatic heterocycles. The number of hydrogen-bond donors (Lipinski definition) is 1. The molecule has 1 aromatic carbocycles. The van der Waals surface area contributed by atoms with E-state index in [1.165, 1.54) is 19.4 Å². The molecule has 0 bridgehead atoms. The molecule has 0 saturated carbocycles. The van der Waals surface area contributed by atoms with E-state index < -0.39 is 0 Å². The van der Waals surface area contributed by atoms with E-state index in [9.17, 15) is 4.79 Å². The van der Waals surface area contributed by atoms with Gasteiger partial charge in [-0.25, -0.2) is 0 Å². The molecule has 1 fully saturated rings. The summed E-state index contributed by atoms with van der Waals surface area (Å²) >= 11 is 0. The van der Waals surface area contributed by atoms with E-state index in [-0.39, 0.29) is 5.91 Å². The first-order valence-electron chi connectivity index (χ1n) is 8.35. The molecule has 1 atom stereocenters. The highest BCUT2D eigenvalue weighted by atomic mass is 16.5. The molecule has 4 nitrogen and oxygen atoms in total. The lowest BCUT2D eigenvalue weighted by Gasteiger charge is -2.35. The van der Waals surface area contributed by atoms with Crippen LogP contribution in [0.1, 0.15) is 44.0 Å². The number of likely N-dealkylation sites (tertiary alicyclic amines) is 1. The van der Waals surface area contributed by atoms with Crippen LogP contribution in [0, 0.1) is 5.92 Å². The molecule has 2 rings (SSSR count). The Labute approximate surface area is 133 Å². The summed E-state index contributed by atoms with van der Waals surface area (Å²) in [5.41, 5.74) is 0.694. The summed E-state index contributed by atoms with van der Waals surface area (Å²) < 4.78 is 5.39. The summed E-state index contributed by atoms with van der Waals surface area (Å²) in [6, 6.07) is 7.92. The first kappa shape index (κ1) is 16.8. The van der Waals surface area contributed by atoms with E-state index in [2.05, 4.69) is 24.1 Å². The summed E-state index contributed by atoms with van der Waals surface area (Å²) in [5.74, 6) is 1.37. The van der Waals surface area contributed by atoms with Crippen LogP contribution in [0.4, 0.5) is 0 Å². The van der Waals surface area contributed by atoms with E-state index in [1.807, 2.05) is 31.2 Å².